The second-order valence-corrected chi connectivity index (χ2v) is 6.06. The lowest BCUT2D eigenvalue weighted by molar-refractivity contribution is -0.139. The first-order valence-corrected chi connectivity index (χ1v) is 8.09. The number of hydrogen-bond donors (Lipinski definition) is 3. The van der Waals surface area contributed by atoms with Gasteiger partial charge in [0.25, 0.3) is 0 Å². The molecule has 3 N–H and O–H groups in total. The van der Waals surface area contributed by atoms with E-state index in [0.29, 0.717) is 25.4 Å². The Hall–Kier alpha value is -1.36. The van der Waals surface area contributed by atoms with Gasteiger partial charge in [-0.15, -0.1) is 0 Å². The molecule has 1 atom stereocenters. The van der Waals surface area contributed by atoms with Gasteiger partial charge >= 0.3 is 11.8 Å². The number of amides is 2. The van der Waals surface area contributed by atoms with E-state index in [4.69, 9.17) is 0 Å². The van der Waals surface area contributed by atoms with Crippen molar-refractivity contribution in [2.24, 2.45) is 5.92 Å². The van der Waals surface area contributed by atoms with Crippen LogP contribution < -0.4 is 10.6 Å². The van der Waals surface area contributed by atoms with E-state index in [1.807, 2.05) is 0 Å². The Balaban J connectivity index is 1.54. The molecule has 0 spiro atoms. The van der Waals surface area contributed by atoms with Crippen LogP contribution in [0.15, 0.2) is 11.6 Å². The summed E-state index contributed by atoms with van der Waals surface area (Å²) in [6.07, 6.45) is 10.1. The molecule has 0 unspecified atom stereocenters. The number of aliphatic hydroxyl groups excluding tert-OH is 1. The Morgan fingerprint density at radius 2 is 1.90 bits per heavy atom. The third-order valence-corrected chi connectivity index (χ3v) is 4.21. The molecule has 0 aromatic carbocycles. The highest BCUT2D eigenvalue weighted by Gasteiger charge is 2.29. The number of carbonyl (C=O) groups excluding carboxylic acids is 2. The molecule has 2 aliphatic carbocycles. The minimum Gasteiger partial charge on any atom is -0.393 e. The molecule has 2 rings (SSSR count). The van der Waals surface area contributed by atoms with Crippen molar-refractivity contribution >= 4 is 11.8 Å². The summed E-state index contributed by atoms with van der Waals surface area (Å²) in [6.45, 7) is 0.873. The summed E-state index contributed by atoms with van der Waals surface area (Å²) >= 11 is 0. The summed E-state index contributed by atoms with van der Waals surface area (Å²) in [7, 11) is 0. The number of hydrogen-bond acceptors (Lipinski definition) is 3. The summed E-state index contributed by atoms with van der Waals surface area (Å²) in [5.41, 5.74) is 1.38. The van der Waals surface area contributed by atoms with Gasteiger partial charge < -0.3 is 15.7 Å². The summed E-state index contributed by atoms with van der Waals surface area (Å²) in [5, 5.41) is 14.9. The van der Waals surface area contributed by atoms with Crippen LogP contribution in [0.2, 0.25) is 0 Å². The minimum atomic E-state index is -0.601. The maximum atomic E-state index is 11.6. The lowest BCUT2D eigenvalue weighted by atomic mass is 9.97. The van der Waals surface area contributed by atoms with E-state index in [0.717, 1.165) is 32.1 Å². The van der Waals surface area contributed by atoms with Crippen LogP contribution in [0, 0.1) is 5.92 Å². The summed E-state index contributed by atoms with van der Waals surface area (Å²) in [6, 6.07) is 0. The SMILES string of the molecule is O=C(NCCC1=CCCCC1)C(=O)NCC[C@@H](O)C1CC1. The molecule has 0 heterocycles. The predicted molar refractivity (Wildman–Crippen MR) is 80.5 cm³/mol. The Kier molecular flexibility index (Phi) is 6.23. The van der Waals surface area contributed by atoms with Crippen LogP contribution in [0.4, 0.5) is 0 Å². The van der Waals surface area contributed by atoms with Gasteiger partial charge in [-0.2, -0.15) is 0 Å². The standard InChI is InChI=1S/C16H26N2O3/c19-14(13-6-7-13)9-11-18-16(21)15(20)17-10-8-12-4-2-1-3-5-12/h4,13-14,19H,1-3,5-11H2,(H,17,20)(H,18,21)/t14-/m1/s1. The molecule has 0 aliphatic heterocycles. The molecule has 0 aromatic rings. The summed E-state index contributed by atoms with van der Waals surface area (Å²) in [4.78, 5) is 23.2. The van der Waals surface area contributed by atoms with Crippen molar-refractivity contribution in [1.82, 2.24) is 10.6 Å². The van der Waals surface area contributed by atoms with Gasteiger partial charge in [0.2, 0.25) is 0 Å². The lowest BCUT2D eigenvalue weighted by Gasteiger charge is -2.13. The normalized spacial score (nSPS) is 19.6. The number of aliphatic hydroxyl groups is 1. The molecule has 1 fully saturated rings. The third-order valence-electron chi connectivity index (χ3n) is 4.21. The first kappa shape index (κ1) is 16.0. The maximum absolute atomic E-state index is 11.6. The van der Waals surface area contributed by atoms with Gasteiger partial charge in [0.15, 0.2) is 0 Å². The number of carbonyl (C=O) groups is 2. The maximum Gasteiger partial charge on any atom is 0.309 e. The van der Waals surface area contributed by atoms with Gasteiger partial charge in [0.05, 0.1) is 6.10 Å². The van der Waals surface area contributed by atoms with Crippen LogP contribution in [0.3, 0.4) is 0 Å². The smallest absolute Gasteiger partial charge is 0.309 e. The van der Waals surface area contributed by atoms with Gasteiger partial charge in [-0.25, -0.2) is 0 Å². The van der Waals surface area contributed by atoms with E-state index in [-0.39, 0.29) is 6.10 Å². The van der Waals surface area contributed by atoms with Crippen LogP contribution in [0.5, 0.6) is 0 Å². The first-order valence-electron chi connectivity index (χ1n) is 8.09. The van der Waals surface area contributed by atoms with Crippen LogP contribution in [-0.4, -0.2) is 36.1 Å². The lowest BCUT2D eigenvalue weighted by Crippen LogP contribution is -2.41. The van der Waals surface area contributed by atoms with Crippen molar-refractivity contribution in [3.63, 3.8) is 0 Å². The highest BCUT2D eigenvalue weighted by Crippen LogP contribution is 2.33. The Morgan fingerprint density at radius 3 is 2.52 bits per heavy atom. The van der Waals surface area contributed by atoms with Crippen molar-refractivity contribution in [1.29, 1.82) is 0 Å². The van der Waals surface area contributed by atoms with Crippen LogP contribution >= 0.6 is 0 Å². The minimum absolute atomic E-state index is 0.341. The molecular formula is C16H26N2O3. The highest BCUT2D eigenvalue weighted by atomic mass is 16.3. The Morgan fingerprint density at radius 1 is 1.19 bits per heavy atom. The van der Waals surface area contributed by atoms with Gasteiger partial charge in [0, 0.05) is 13.1 Å². The zero-order valence-corrected chi connectivity index (χ0v) is 12.6. The van der Waals surface area contributed by atoms with Crippen molar-refractivity contribution in [2.75, 3.05) is 13.1 Å². The fourth-order valence-electron chi connectivity index (χ4n) is 2.68. The van der Waals surface area contributed by atoms with Crippen molar-refractivity contribution in [3.8, 4) is 0 Å². The molecule has 5 nitrogen and oxygen atoms in total. The monoisotopic (exact) mass is 294 g/mol. The zero-order valence-electron chi connectivity index (χ0n) is 12.6. The second kappa shape index (κ2) is 8.17. The highest BCUT2D eigenvalue weighted by molar-refractivity contribution is 6.35. The first-order chi connectivity index (χ1) is 10.2. The summed E-state index contributed by atoms with van der Waals surface area (Å²) in [5.74, 6) is -0.776. The van der Waals surface area contributed by atoms with Crippen molar-refractivity contribution in [3.05, 3.63) is 11.6 Å². The quantitative estimate of drug-likeness (QED) is 0.489. The van der Waals surface area contributed by atoms with E-state index in [2.05, 4.69) is 16.7 Å². The fourth-order valence-corrected chi connectivity index (χ4v) is 2.68. The van der Waals surface area contributed by atoms with E-state index >= 15 is 0 Å². The van der Waals surface area contributed by atoms with Crippen molar-refractivity contribution < 1.29 is 14.7 Å². The molecule has 5 heteroatoms. The van der Waals surface area contributed by atoms with Gasteiger partial charge in [-0.3, -0.25) is 9.59 Å². The van der Waals surface area contributed by atoms with E-state index < -0.39 is 11.8 Å². The fraction of sp³-hybridized carbons (Fsp3) is 0.750. The van der Waals surface area contributed by atoms with E-state index in [1.54, 1.807) is 0 Å². The zero-order chi connectivity index (χ0) is 15.1. The average Bonchev–Trinajstić information content (AvgIpc) is 3.32. The van der Waals surface area contributed by atoms with Gasteiger partial charge in [-0.1, -0.05) is 11.6 Å². The predicted octanol–water partition coefficient (Wildman–Crippen LogP) is 1.27. The largest absolute Gasteiger partial charge is 0.393 e. The number of allylic oxidation sites excluding steroid dienone is 1. The average molecular weight is 294 g/mol. The Labute approximate surface area is 126 Å². The van der Waals surface area contributed by atoms with Crippen molar-refractivity contribution in [2.45, 2.75) is 57.5 Å². The molecule has 0 aromatic heterocycles. The molecule has 2 aliphatic rings. The molecule has 2 amide bonds. The number of nitrogens with one attached hydrogen (secondary N) is 2. The molecule has 0 bridgehead atoms. The molecule has 0 saturated heterocycles. The van der Waals surface area contributed by atoms with E-state index in [1.165, 1.54) is 18.4 Å². The third kappa shape index (κ3) is 5.87. The van der Waals surface area contributed by atoms with Crippen LogP contribution in [0.1, 0.15) is 51.4 Å². The molecule has 0 radical (unpaired) electrons. The van der Waals surface area contributed by atoms with Crippen LogP contribution in [0.25, 0.3) is 0 Å². The topological polar surface area (TPSA) is 78.4 Å². The van der Waals surface area contributed by atoms with Crippen LogP contribution in [-0.2, 0) is 9.59 Å². The summed E-state index contributed by atoms with van der Waals surface area (Å²) < 4.78 is 0. The Bertz CT molecular complexity index is 402. The molecule has 1 saturated carbocycles. The molecular weight excluding hydrogens is 268 g/mol. The molecule has 21 heavy (non-hydrogen) atoms. The van der Waals surface area contributed by atoms with Gasteiger partial charge in [-0.05, 0) is 57.3 Å². The number of rotatable bonds is 7. The molecule has 118 valence electrons. The second-order valence-electron chi connectivity index (χ2n) is 6.06. The van der Waals surface area contributed by atoms with Gasteiger partial charge in [0.1, 0.15) is 0 Å². The van der Waals surface area contributed by atoms with E-state index in [9.17, 15) is 14.7 Å².